The fourth-order valence-corrected chi connectivity index (χ4v) is 2.87. The van der Waals surface area contributed by atoms with Crippen LogP contribution in [0.2, 0.25) is 0 Å². The fourth-order valence-electron chi connectivity index (χ4n) is 2.87. The van der Waals surface area contributed by atoms with Crippen LogP contribution in [0.15, 0.2) is 30.6 Å². The molecule has 0 unspecified atom stereocenters. The van der Waals surface area contributed by atoms with E-state index in [1.807, 2.05) is 6.07 Å². The van der Waals surface area contributed by atoms with Crippen molar-refractivity contribution < 1.29 is 4.92 Å². The number of likely N-dealkylation sites (tertiary alicyclic amines) is 1. The number of piperidine rings is 1. The average molecular weight is 287 g/mol. The minimum Gasteiger partial charge on any atom is -0.289 e. The molecule has 7 nitrogen and oxygen atoms in total. The molecule has 0 radical (unpaired) electrons. The lowest BCUT2D eigenvalue weighted by Gasteiger charge is -2.34. The quantitative estimate of drug-likeness (QED) is 0.689. The van der Waals surface area contributed by atoms with E-state index in [4.69, 9.17) is 0 Å². The molecular weight excluding hydrogens is 270 g/mol. The number of nitro groups is 1. The molecule has 110 valence electrons. The molecule has 3 rings (SSSR count). The molecule has 1 saturated heterocycles. The van der Waals surface area contributed by atoms with Crippen LogP contribution in [0.5, 0.6) is 0 Å². The number of benzene rings is 1. The van der Waals surface area contributed by atoms with Gasteiger partial charge in [-0.15, -0.1) is 0 Å². The van der Waals surface area contributed by atoms with Gasteiger partial charge < -0.3 is 0 Å². The molecule has 21 heavy (non-hydrogen) atoms. The normalized spacial score (nSPS) is 19.5. The number of aromatic nitrogens is 3. The van der Waals surface area contributed by atoms with E-state index in [-0.39, 0.29) is 16.7 Å². The highest BCUT2D eigenvalue weighted by Gasteiger charge is 2.26. The lowest BCUT2D eigenvalue weighted by Crippen LogP contribution is -2.33. The molecule has 1 aliphatic rings. The molecular formula is C14H17N5O2. The second kappa shape index (κ2) is 6.01. The van der Waals surface area contributed by atoms with Gasteiger partial charge in [0.15, 0.2) is 0 Å². The fraction of sp³-hybridized carbons (Fsp3) is 0.429. The van der Waals surface area contributed by atoms with Crippen molar-refractivity contribution in [2.24, 2.45) is 0 Å². The van der Waals surface area contributed by atoms with Gasteiger partial charge in [-0.05, 0) is 24.9 Å². The number of non-ortho nitro benzene ring substituents is 1. The smallest absolute Gasteiger partial charge is 0.269 e. The minimum atomic E-state index is -0.354. The van der Waals surface area contributed by atoms with Gasteiger partial charge in [0.2, 0.25) is 0 Å². The van der Waals surface area contributed by atoms with Crippen LogP contribution >= 0.6 is 0 Å². The topological polar surface area (TPSA) is 87.9 Å². The van der Waals surface area contributed by atoms with Crippen LogP contribution < -0.4 is 0 Å². The largest absolute Gasteiger partial charge is 0.289 e. The van der Waals surface area contributed by atoms with Gasteiger partial charge in [-0.3, -0.25) is 20.1 Å². The number of nitrogens with one attached hydrogen (secondary N) is 1. The number of nitro benzene ring substituents is 1. The van der Waals surface area contributed by atoms with Gasteiger partial charge in [0, 0.05) is 18.7 Å². The highest BCUT2D eigenvalue weighted by atomic mass is 16.6. The Morgan fingerprint density at radius 2 is 2.33 bits per heavy atom. The summed E-state index contributed by atoms with van der Waals surface area (Å²) in [5.74, 6) is 0.875. The molecule has 2 heterocycles. The van der Waals surface area contributed by atoms with Crippen molar-refractivity contribution in [3.05, 3.63) is 52.1 Å². The number of nitrogens with zero attached hydrogens (tertiary/aromatic N) is 4. The summed E-state index contributed by atoms with van der Waals surface area (Å²) in [5.41, 5.74) is 1.09. The minimum absolute atomic E-state index is 0.140. The molecule has 2 aromatic rings. The average Bonchev–Trinajstić information content (AvgIpc) is 3.02. The summed E-state index contributed by atoms with van der Waals surface area (Å²) in [6.07, 6.45) is 4.86. The first-order valence-corrected chi connectivity index (χ1v) is 7.06. The highest BCUT2D eigenvalue weighted by Crippen LogP contribution is 2.30. The predicted octanol–water partition coefficient (Wildman–Crippen LogP) is 2.44. The Labute approximate surface area is 122 Å². The van der Waals surface area contributed by atoms with Gasteiger partial charge in [-0.25, -0.2) is 4.98 Å². The number of H-pyrrole nitrogens is 1. The number of rotatable bonds is 4. The second-order valence-electron chi connectivity index (χ2n) is 5.28. The van der Waals surface area contributed by atoms with Crippen LogP contribution in [0.25, 0.3) is 0 Å². The van der Waals surface area contributed by atoms with Crippen LogP contribution in [-0.4, -0.2) is 31.5 Å². The zero-order valence-corrected chi connectivity index (χ0v) is 11.6. The van der Waals surface area contributed by atoms with E-state index in [0.717, 1.165) is 37.2 Å². The first-order chi connectivity index (χ1) is 10.2. The van der Waals surface area contributed by atoms with Crippen molar-refractivity contribution in [1.82, 2.24) is 20.1 Å². The van der Waals surface area contributed by atoms with Crippen molar-refractivity contribution in [1.29, 1.82) is 0 Å². The Bertz CT molecular complexity index is 614. The summed E-state index contributed by atoms with van der Waals surface area (Å²) in [6.45, 7) is 1.65. The van der Waals surface area contributed by atoms with Gasteiger partial charge in [0.1, 0.15) is 12.2 Å². The van der Waals surface area contributed by atoms with Crippen LogP contribution in [0.1, 0.15) is 36.7 Å². The number of aromatic amines is 1. The summed E-state index contributed by atoms with van der Waals surface area (Å²) < 4.78 is 0. The van der Waals surface area contributed by atoms with Gasteiger partial charge in [-0.1, -0.05) is 18.6 Å². The number of hydrogen-bond donors (Lipinski definition) is 1. The van der Waals surface area contributed by atoms with Crippen molar-refractivity contribution in [2.45, 2.75) is 31.8 Å². The summed E-state index contributed by atoms with van der Waals surface area (Å²) in [6, 6.07) is 7.04. The molecule has 1 N–H and O–H groups in total. The standard InChI is InChI=1S/C14H17N5O2/c20-19(21)12-5-3-4-11(8-12)9-18-7-2-1-6-13(18)14-15-10-16-17-14/h3-5,8,10,13H,1-2,6-7,9H2,(H,15,16,17)/t13-/m1/s1. The monoisotopic (exact) mass is 287 g/mol. The lowest BCUT2D eigenvalue weighted by molar-refractivity contribution is -0.384. The Kier molecular flexibility index (Phi) is 3.92. The molecule has 1 aliphatic heterocycles. The van der Waals surface area contributed by atoms with Gasteiger partial charge in [0.25, 0.3) is 5.69 Å². The summed E-state index contributed by atoms with van der Waals surface area (Å²) >= 11 is 0. The van der Waals surface area contributed by atoms with Crippen molar-refractivity contribution in [2.75, 3.05) is 6.54 Å². The molecule has 0 bridgehead atoms. The summed E-state index contributed by atoms with van der Waals surface area (Å²) in [4.78, 5) is 17.1. The third-order valence-corrected chi connectivity index (χ3v) is 3.87. The van der Waals surface area contributed by atoms with Gasteiger partial charge >= 0.3 is 0 Å². The Balaban J connectivity index is 1.78. The van der Waals surface area contributed by atoms with Crippen LogP contribution in [0.3, 0.4) is 0 Å². The summed E-state index contributed by atoms with van der Waals surface area (Å²) in [7, 11) is 0. The maximum absolute atomic E-state index is 10.9. The summed E-state index contributed by atoms with van der Waals surface area (Å²) in [5, 5.41) is 17.7. The van der Waals surface area contributed by atoms with Crippen LogP contribution in [-0.2, 0) is 6.54 Å². The molecule has 1 fully saturated rings. The Hall–Kier alpha value is -2.28. The molecule has 1 atom stereocenters. The molecule has 0 saturated carbocycles. The van der Waals surface area contributed by atoms with Crippen molar-refractivity contribution in [3.8, 4) is 0 Å². The first-order valence-electron chi connectivity index (χ1n) is 7.06. The maximum Gasteiger partial charge on any atom is 0.269 e. The van der Waals surface area contributed by atoms with E-state index in [9.17, 15) is 10.1 Å². The number of hydrogen-bond acceptors (Lipinski definition) is 5. The van der Waals surface area contributed by atoms with Gasteiger partial charge in [-0.2, -0.15) is 5.10 Å². The zero-order valence-electron chi connectivity index (χ0n) is 11.6. The molecule has 1 aromatic heterocycles. The van der Waals surface area contributed by atoms with Crippen molar-refractivity contribution >= 4 is 5.69 Å². The highest BCUT2D eigenvalue weighted by molar-refractivity contribution is 5.34. The van der Waals surface area contributed by atoms with E-state index >= 15 is 0 Å². The first kappa shape index (κ1) is 13.7. The van der Waals surface area contributed by atoms with E-state index in [0.29, 0.717) is 6.54 Å². The third-order valence-electron chi connectivity index (χ3n) is 3.87. The molecule has 7 heteroatoms. The van der Waals surface area contributed by atoms with E-state index in [1.165, 1.54) is 12.4 Å². The van der Waals surface area contributed by atoms with E-state index < -0.39 is 0 Å². The van der Waals surface area contributed by atoms with Gasteiger partial charge in [0.05, 0.1) is 11.0 Å². The SMILES string of the molecule is O=[N+]([O-])c1cccc(CN2CCCC[C@@H]2c2ncn[nH]2)c1. The molecule has 1 aromatic carbocycles. The molecule has 0 amide bonds. The maximum atomic E-state index is 10.9. The van der Waals surface area contributed by atoms with Crippen LogP contribution in [0.4, 0.5) is 5.69 Å². The lowest BCUT2D eigenvalue weighted by atomic mass is 10.0. The second-order valence-corrected chi connectivity index (χ2v) is 5.28. The Morgan fingerprint density at radius 3 is 3.10 bits per heavy atom. The van der Waals surface area contributed by atoms with Crippen molar-refractivity contribution in [3.63, 3.8) is 0 Å². The van der Waals surface area contributed by atoms with Crippen LogP contribution in [0, 0.1) is 10.1 Å². The third kappa shape index (κ3) is 3.08. The predicted molar refractivity (Wildman–Crippen MR) is 76.5 cm³/mol. The van der Waals surface area contributed by atoms with E-state index in [2.05, 4.69) is 20.1 Å². The zero-order chi connectivity index (χ0) is 14.7. The Morgan fingerprint density at radius 1 is 1.43 bits per heavy atom. The molecule has 0 spiro atoms. The van der Waals surface area contributed by atoms with E-state index in [1.54, 1.807) is 12.1 Å². The molecule has 0 aliphatic carbocycles.